The quantitative estimate of drug-likeness (QED) is 0.849. The standard InChI is InChI=1S/C20H26N2O2S/c1-19(2)9-14-16(15(23)10-19)25-18(21-14)22-17(24)20-6-11-3-12(7-20)5-13(4-11)8-20/h11-13H,3-10H2,1-2H3,(H,21,22,24). The molecule has 5 heteroatoms. The Labute approximate surface area is 152 Å². The first-order valence-corrected chi connectivity index (χ1v) is 10.5. The molecule has 0 aliphatic heterocycles. The number of hydrogen-bond donors (Lipinski definition) is 1. The molecule has 1 N–H and O–H groups in total. The molecule has 4 bridgehead atoms. The Morgan fingerprint density at radius 3 is 2.28 bits per heavy atom. The second-order valence-electron chi connectivity index (χ2n) is 9.89. The van der Waals surface area contributed by atoms with Crippen molar-refractivity contribution in [2.24, 2.45) is 28.6 Å². The number of fused-ring (bicyclic) bond motifs is 1. The van der Waals surface area contributed by atoms with Crippen LogP contribution in [0.5, 0.6) is 0 Å². The van der Waals surface area contributed by atoms with Crippen LogP contribution < -0.4 is 5.32 Å². The van der Waals surface area contributed by atoms with Crippen LogP contribution in [-0.2, 0) is 11.2 Å². The molecule has 1 aromatic rings. The van der Waals surface area contributed by atoms with Crippen molar-refractivity contribution in [1.29, 1.82) is 0 Å². The van der Waals surface area contributed by atoms with E-state index in [1.807, 2.05) is 0 Å². The van der Waals surface area contributed by atoms with E-state index in [2.05, 4.69) is 24.1 Å². The Morgan fingerprint density at radius 2 is 1.68 bits per heavy atom. The van der Waals surface area contributed by atoms with Gasteiger partial charge in [-0.3, -0.25) is 9.59 Å². The van der Waals surface area contributed by atoms with E-state index in [4.69, 9.17) is 0 Å². The van der Waals surface area contributed by atoms with Gasteiger partial charge in [-0.05, 0) is 68.1 Å². The number of ketones is 1. The minimum Gasteiger partial charge on any atom is -0.301 e. The minimum atomic E-state index is -0.162. The van der Waals surface area contributed by atoms with Crippen molar-refractivity contribution in [2.45, 2.75) is 65.2 Å². The van der Waals surface area contributed by atoms with Crippen LogP contribution in [-0.4, -0.2) is 16.7 Å². The van der Waals surface area contributed by atoms with Gasteiger partial charge in [-0.25, -0.2) is 4.98 Å². The van der Waals surface area contributed by atoms with E-state index in [1.165, 1.54) is 30.6 Å². The summed E-state index contributed by atoms with van der Waals surface area (Å²) in [7, 11) is 0. The lowest BCUT2D eigenvalue weighted by molar-refractivity contribution is -0.140. The maximum absolute atomic E-state index is 13.2. The van der Waals surface area contributed by atoms with Crippen molar-refractivity contribution in [2.75, 3.05) is 5.32 Å². The zero-order valence-electron chi connectivity index (χ0n) is 15.1. The number of Topliss-reactive ketones (excluding diaryl/α,β-unsaturated/α-hetero) is 1. The zero-order valence-corrected chi connectivity index (χ0v) is 15.9. The van der Waals surface area contributed by atoms with Gasteiger partial charge < -0.3 is 5.32 Å². The van der Waals surface area contributed by atoms with E-state index in [-0.39, 0.29) is 22.5 Å². The van der Waals surface area contributed by atoms with Gasteiger partial charge in [-0.15, -0.1) is 0 Å². The van der Waals surface area contributed by atoms with Crippen molar-refractivity contribution >= 4 is 28.2 Å². The van der Waals surface area contributed by atoms with E-state index in [0.29, 0.717) is 11.6 Å². The molecule has 0 spiro atoms. The molecule has 6 rings (SSSR count). The average Bonchev–Trinajstić information content (AvgIpc) is 2.87. The van der Waals surface area contributed by atoms with Gasteiger partial charge in [0, 0.05) is 6.42 Å². The van der Waals surface area contributed by atoms with Crippen LogP contribution in [0.3, 0.4) is 0 Å². The number of carbonyl (C=O) groups excluding carboxylic acids is 2. The van der Waals surface area contributed by atoms with Gasteiger partial charge in [-0.2, -0.15) is 0 Å². The smallest absolute Gasteiger partial charge is 0.232 e. The lowest BCUT2D eigenvalue weighted by Crippen LogP contribution is -2.51. The third-order valence-electron chi connectivity index (χ3n) is 6.98. The number of rotatable bonds is 2. The SMILES string of the molecule is CC1(C)CC(=O)c2sc(NC(=O)C34CC5CC(CC(C5)C3)C4)nc2C1. The molecule has 1 amide bonds. The molecular weight excluding hydrogens is 332 g/mol. The Kier molecular flexibility index (Phi) is 3.29. The summed E-state index contributed by atoms with van der Waals surface area (Å²) < 4.78 is 0. The fourth-order valence-electron chi connectivity index (χ4n) is 6.39. The first-order valence-electron chi connectivity index (χ1n) is 9.66. The Bertz CT molecular complexity index is 728. The summed E-state index contributed by atoms with van der Waals surface area (Å²) in [5.41, 5.74) is 0.691. The molecule has 0 radical (unpaired) electrons. The molecule has 0 atom stereocenters. The molecular formula is C20H26N2O2S. The maximum atomic E-state index is 13.2. The summed E-state index contributed by atoms with van der Waals surface area (Å²) in [6.45, 7) is 4.22. The van der Waals surface area contributed by atoms with Gasteiger partial charge in [0.2, 0.25) is 5.91 Å². The van der Waals surface area contributed by atoms with Gasteiger partial charge in [0.15, 0.2) is 10.9 Å². The van der Waals surface area contributed by atoms with Gasteiger partial charge in [-0.1, -0.05) is 25.2 Å². The summed E-state index contributed by atoms with van der Waals surface area (Å²) in [6.07, 6.45) is 8.57. The highest BCUT2D eigenvalue weighted by atomic mass is 32.1. The van der Waals surface area contributed by atoms with E-state index >= 15 is 0 Å². The summed E-state index contributed by atoms with van der Waals surface area (Å²) in [4.78, 5) is 30.9. The first kappa shape index (κ1) is 16.0. The largest absolute Gasteiger partial charge is 0.301 e. The summed E-state index contributed by atoms with van der Waals surface area (Å²) in [6, 6.07) is 0. The fourth-order valence-corrected chi connectivity index (χ4v) is 7.31. The number of aromatic nitrogens is 1. The van der Waals surface area contributed by atoms with Gasteiger partial charge in [0.05, 0.1) is 16.0 Å². The second kappa shape index (κ2) is 5.15. The predicted molar refractivity (Wildman–Crippen MR) is 97.8 cm³/mol. The number of carbonyl (C=O) groups is 2. The highest BCUT2D eigenvalue weighted by Gasteiger charge is 2.54. The number of nitrogens with zero attached hydrogens (tertiary/aromatic N) is 1. The average molecular weight is 359 g/mol. The molecule has 4 nitrogen and oxygen atoms in total. The van der Waals surface area contributed by atoms with Crippen molar-refractivity contribution < 1.29 is 9.59 Å². The van der Waals surface area contributed by atoms with Crippen LogP contribution >= 0.6 is 11.3 Å². The van der Waals surface area contributed by atoms with Gasteiger partial charge >= 0.3 is 0 Å². The summed E-state index contributed by atoms with van der Waals surface area (Å²) in [5.74, 6) is 2.61. The van der Waals surface area contributed by atoms with Crippen molar-refractivity contribution in [3.8, 4) is 0 Å². The summed E-state index contributed by atoms with van der Waals surface area (Å²) >= 11 is 1.38. The lowest BCUT2D eigenvalue weighted by Gasteiger charge is -2.55. The molecule has 1 aromatic heterocycles. The normalized spacial score (nSPS) is 37.8. The van der Waals surface area contributed by atoms with Crippen LogP contribution in [0.4, 0.5) is 5.13 Å². The molecule has 0 unspecified atom stereocenters. The van der Waals surface area contributed by atoms with Gasteiger partial charge in [0.25, 0.3) is 0 Å². The monoisotopic (exact) mass is 358 g/mol. The molecule has 4 saturated carbocycles. The van der Waals surface area contributed by atoms with Crippen molar-refractivity contribution in [1.82, 2.24) is 4.98 Å². The molecule has 1 heterocycles. The van der Waals surface area contributed by atoms with E-state index in [9.17, 15) is 9.59 Å². The van der Waals surface area contributed by atoms with E-state index in [1.54, 1.807) is 0 Å². The van der Waals surface area contributed by atoms with E-state index < -0.39 is 0 Å². The van der Waals surface area contributed by atoms with Crippen molar-refractivity contribution in [3.05, 3.63) is 10.6 Å². The number of nitrogens with one attached hydrogen (secondary N) is 1. The molecule has 5 aliphatic carbocycles. The third kappa shape index (κ3) is 2.57. The van der Waals surface area contributed by atoms with Crippen LogP contribution in [0.15, 0.2) is 0 Å². The Balaban J connectivity index is 1.38. The molecule has 5 aliphatic rings. The zero-order chi connectivity index (χ0) is 17.4. The summed E-state index contributed by atoms with van der Waals surface area (Å²) in [5, 5.41) is 3.76. The topological polar surface area (TPSA) is 59.1 Å². The highest BCUT2D eigenvalue weighted by molar-refractivity contribution is 7.17. The van der Waals surface area contributed by atoms with E-state index in [0.717, 1.165) is 54.0 Å². The highest BCUT2D eigenvalue weighted by Crippen LogP contribution is 2.60. The van der Waals surface area contributed by atoms with Crippen LogP contribution in [0.1, 0.15) is 74.2 Å². The second-order valence-corrected chi connectivity index (χ2v) is 10.9. The predicted octanol–water partition coefficient (Wildman–Crippen LogP) is 4.45. The Hall–Kier alpha value is -1.23. The lowest BCUT2D eigenvalue weighted by atomic mass is 9.49. The number of hydrogen-bond acceptors (Lipinski definition) is 4. The fraction of sp³-hybridized carbons (Fsp3) is 0.750. The number of anilines is 1. The van der Waals surface area contributed by atoms with Crippen LogP contribution in [0.25, 0.3) is 0 Å². The number of amides is 1. The minimum absolute atomic E-state index is 0.0284. The first-order chi connectivity index (χ1) is 11.8. The molecule has 25 heavy (non-hydrogen) atoms. The number of thiazole rings is 1. The van der Waals surface area contributed by atoms with Crippen molar-refractivity contribution in [3.63, 3.8) is 0 Å². The molecule has 0 aromatic carbocycles. The molecule has 134 valence electrons. The molecule has 4 fully saturated rings. The molecule has 0 saturated heterocycles. The van der Waals surface area contributed by atoms with Crippen LogP contribution in [0.2, 0.25) is 0 Å². The maximum Gasteiger partial charge on any atom is 0.232 e. The third-order valence-corrected chi connectivity index (χ3v) is 8.03. The van der Waals surface area contributed by atoms with Gasteiger partial charge in [0.1, 0.15) is 0 Å². The Morgan fingerprint density at radius 1 is 1.08 bits per heavy atom. The van der Waals surface area contributed by atoms with Crippen LogP contribution in [0, 0.1) is 28.6 Å².